The number of thiazole rings is 1. The van der Waals surface area contributed by atoms with Gasteiger partial charge in [-0.2, -0.15) is 0 Å². The Morgan fingerprint density at radius 2 is 1.62 bits per heavy atom. The Hall–Kier alpha value is -3.26. The number of rotatable bonds is 8. The number of carbonyl (C=O) groups is 1. The molecule has 0 saturated carbocycles. The van der Waals surface area contributed by atoms with Gasteiger partial charge in [0, 0.05) is 16.5 Å². The van der Waals surface area contributed by atoms with E-state index in [-0.39, 0.29) is 5.91 Å². The number of amides is 1. The molecule has 3 aromatic rings. The Kier molecular flexibility index (Phi) is 6.56. The molecule has 29 heavy (non-hydrogen) atoms. The zero-order valence-corrected chi connectivity index (χ0v) is 17.5. The third-order valence-corrected chi connectivity index (χ3v) is 5.19. The fraction of sp³-hybridized carbons (Fsp3) is 0.238. The van der Waals surface area contributed by atoms with Crippen molar-refractivity contribution in [1.29, 1.82) is 0 Å². The molecule has 1 aromatic heterocycles. The van der Waals surface area contributed by atoms with Crippen molar-refractivity contribution >= 4 is 17.2 Å². The van der Waals surface area contributed by atoms with E-state index in [2.05, 4.69) is 10.3 Å². The van der Waals surface area contributed by atoms with Gasteiger partial charge in [-0.3, -0.25) is 4.79 Å². The first-order valence-electron chi connectivity index (χ1n) is 8.76. The number of methoxy groups -OCH3 is 4. The van der Waals surface area contributed by atoms with Gasteiger partial charge in [-0.05, 0) is 36.4 Å². The molecule has 8 heteroatoms. The van der Waals surface area contributed by atoms with Crippen LogP contribution in [0, 0.1) is 0 Å². The van der Waals surface area contributed by atoms with Crippen LogP contribution in [0.2, 0.25) is 0 Å². The van der Waals surface area contributed by atoms with Gasteiger partial charge in [-0.1, -0.05) is 0 Å². The van der Waals surface area contributed by atoms with Gasteiger partial charge in [0.2, 0.25) is 5.75 Å². The van der Waals surface area contributed by atoms with Crippen molar-refractivity contribution in [3.05, 3.63) is 53.0 Å². The maximum Gasteiger partial charge on any atom is 0.251 e. The zero-order chi connectivity index (χ0) is 20.8. The van der Waals surface area contributed by atoms with Crippen molar-refractivity contribution in [2.75, 3.05) is 28.4 Å². The lowest BCUT2D eigenvalue weighted by Gasteiger charge is -2.13. The normalized spacial score (nSPS) is 10.3. The van der Waals surface area contributed by atoms with Crippen molar-refractivity contribution in [2.24, 2.45) is 0 Å². The molecule has 0 radical (unpaired) electrons. The summed E-state index contributed by atoms with van der Waals surface area (Å²) in [6.07, 6.45) is 0. The van der Waals surface area contributed by atoms with Gasteiger partial charge in [0.05, 0.1) is 40.7 Å². The van der Waals surface area contributed by atoms with Gasteiger partial charge in [-0.25, -0.2) is 4.98 Å². The Morgan fingerprint density at radius 1 is 0.966 bits per heavy atom. The molecule has 0 unspecified atom stereocenters. The largest absolute Gasteiger partial charge is 0.497 e. The monoisotopic (exact) mass is 414 g/mol. The van der Waals surface area contributed by atoms with E-state index < -0.39 is 0 Å². The van der Waals surface area contributed by atoms with Crippen LogP contribution >= 0.6 is 11.3 Å². The van der Waals surface area contributed by atoms with Gasteiger partial charge < -0.3 is 24.3 Å². The van der Waals surface area contributed by atoms with Crippen LogP contribution in [0.5, 0.6) is 23.0 Å². The highest BCUT2D eigenvalue weighted by Crippen LogP contribution is 2.38. The standard InChI is InChI=1S/C21H22N2O5S/c1-25-16-7-5-13(6-8-16)21-23-15(12-29-21)11-22-20(24)14-9-17(26-2)19(28-4)18(10-14)27-3/h5-10,12H,11H2,1-4H3,(H,22,24). The first-order valence-corrected chi connectivity index (χ1v) is 9.64. The molecule has 0 saturated heterocycles. The predicted molar refractivity (Wildman–Crippen MR) is 111 cm³/mol. The van der Waals surface area contributed by atoms with Crippen LogP contribution in [0.25, 0.3) is 10.6 Å². The molecule has 2 aromatic carbocycles. The first-order chi connectivity index (χ1) is 14.1. The molecule has 1 amide bonds. The summed E-state index contributed by atoms with van der Waals surface area (Å²) in [7, 11) is 6.17. The fourth-order valence-corrected chi connectivity index (χ4v) is 3.57. The van der Waals surface area contributed by atoms with E-state index >= 15 is 0 Å². The Labute approximate surface area is 173 Å². The predicted octanol–water partition coefficient (Wildman–Crippen LogP) is 3.77. The molecule has 3 rings (SSSR count). The lowest BCUT2D eigenvalue weighted by atomic mass is 10.1. The molecule has 1 heterocycles. The molecule has 0 aliphatic carbocycles. The second-order valence-electron chi connectivity index (χ2n) is 5.97. The number of hydrogen-bond donors (Lipinski definition) is 1. The van der Waals surface area contributed by atoms with Crippen LogP contribution in [-0.4, -0.2) is 39.3 Å². The number of aromatic nitrogens is 1. The second kappa shape index (κ2) is 9.29. The number of ether oxygens (including phenoxy) is 4. The van der Waals surface area contributed by atoms with Crippen LogP contribution in [0.4, 0.5) is 0 Å². The van der Waals surface area contributed by atoms with Gasteiger partial charge in [-0.15, -0.1) is 11.3 Å². The van der Waals surface area contributed by atoms with Crippen LogP contribution in [0.15, 0.2) is 41.8 Å². The van der Waals surface area contributed by atoms with E-state index in [0.717, 1.165) is 22.0 Å². The van der Waals surface area contributed by atoms with E-state index in [4.69, 9.17) is 18.9 Å². The van der Waals surface area contributed by atoms with Gasteiger partial charge in [0.1, 0.15) is 10.8 Å². The smallest absolute Gasteiger partial charge is 0.251 e. The summed E-state index contributed by atoms with van der Waals surface area (Å²) in [5.74, 6) is 1.82. The molecule has 0 aliphatic rings. The molecule has 0 fully saturated rings. The lowest BCUT2D eigenvalue weighted by Crippen LogP contribution is -2.23. The topological polar surface area (TPSA) is 78.9 Å². The van der Waals surface area contributed by atoms with Crippen LogP contribution < -0.4 is 24.3 Å². The molecule has 0 spiro atoms. The molecular formula is C21H22N2O5S. The fourth-order valence-electron chi connectivity index (χ4n) is 2.74. The van der Waals surface area contributed by atoms with Gasteiger partial charge >= 0.3 is 0 Å². The molecule has 0 bridgehead atoms. The summed E-state index contributed by atoms with van der Waals surface area (Å²) >= 11 is 1.52. The van der Waals surface area contributed by atoms with E-state index in [1.165, 1.54) is 32.7 Å². The third kappa shape index (κ3) is 4.60. The molecule has 152 valence electrons. The first kappa shape index (κ1) is 20.5. The number of nitrogens with one attached hydrogen (secondary N) is 1. The molecule has 0 atom stereocenters. The summed E-state index contributed by atoms with van der Waals surface area (Å²) in [5, 5.41) is 5.68. The summed E-state index contributed by atoms with van der Waals surface area (Å²) in [6, 6.07) is 10.9. The Balaban J connectivity index is 1.70. The summed E-state index contributed by atoms with van der Waals surface area (Å²) in [6.45, 7) is 0.308. The second-order valence-corrected chi connectivity index (χ2v) is 6.83. The van der Waals surface area contributed by atoms with E-state index in [1.54, 1.807) is 19.2 Å². The maximum absolute atomic E-state index is 12.6. The summed E-state index contributed by atoms with van der Waals surface area (Å²) in [5.41, 5.74) is 2.18. The molecular weight excluding hydrogens is 392 g/mol. The molecule has 7 nitrogen and oxygen atoms in total. The van der Waals surface area contributed by atoms with Gasteiger partial charge in [0.15, 0.2) is 11.5 Å². The third-order valence-electron chi connectivity index (χ3n) is 4.25. The Bertz CT molecular complexity index is 960. The number of nitrogens with zero attached hydrogens (tertiary/aromatic N) is 1. The summed E-state index contributed by atoms with van der Waals surface area (Å²) in [4.78, 5) is 17.2. The number of hydrogen-bond acceptors (Lipinski definition) is 7. The van der Waals surface area contributed by atoms with E-state index in [9.17, 15) is 4.79 Å². The highest BCUT2D eigenvalue weighted by Gasteiger charge is 2.17. The average Bonchev–Trinajstić information content (AvgIpc) is 3.25. The van der Waals surface area contributed by atoms with Crippen LogP contribution in [0.1, 0.15) is 16.1 Å². The highest BCUT2D eigenvalue weighted by molar-refractivity contribution is 7.13. The Morgan fingerprint density at radius 3 is 2.17 bits per heavy atom. The van der Waals surface area contributed by atoms with Crippen LogP contribution in [0.3, 0.4) is 0 Å². The van der Waals surface area contributed by atoms with E-state index in [1.807, 2.05) is 29.6 Å². The molecule has 0 aliphatic heterocycles. The minimum atomic E-state index is -0.261. The maximum atomic E-state index is 12.6. The number of carbonyl (C=O) groups excluding carboxylic acids is 1. The van der Waals surface area contributed by atoms with E-state index in [0.29, 0.717) is 29.4 Å². The number of benzene rings is 2. The lowest BCUT2D eigenvalue weighted by molar-refractivity contribution is 0.0949. The minimum absolute atomic E-state index is 0.261. The minimum Gasteiger partial charge on any atom is -0.497 e. The van der Waals surface area contributed by atoms with Crippen molar-refractivity contribution in [1.82, 2.24) is 10.3 Å². The van der Waals surface area contributed by atoms with Crippen molar-refractivity contribution in [3.63, 3.8) is 0 Å². The molecule has 1 N–H and O–H groups in total. The SMILES string of the molecule is COc1ccc(-c2nc(CNC(=O)c3cc(OC)c(OC)c(OC)c3)cs2)cc1. The quantitative estimate of drug-likeness (QED) is 0.604. The highest BCUT2D eigenvalue weighted by atomic mass is 32.1. The van der Waals surface area contributed by atoms with Crippen molar-refractivity contribution in [2.45, 2.75) is 6.54 Å². The van der Waals surface area contributed by atoms with Crippen molar-refractivity contribution in [3.8, 4) is 33.6 Å². The average molecular weight is 414 g/mol. The summed E-state index contributed by atoms with van der Waals surface area (Å²) < 4.78 is 21.1. The van der Waals surface area contributed by atoms with Crippen LogP contribution in [-0.2, 0) is 6.54 Å². The zero-order valence-electron chi connectivity index (χ0n) is 16.6. The van der Waals surface area contributed by atoms with Crippen molar-refractivity contribution < 1.29 is 23.7 Å². The van der Waals surface area contributed by atoms with Gasteiger partial charge in [0.25, 0.3) is 5.91 Å².